The number of benzene rings is 1. The number of anilines is 1. The molecule has 0 spiro atoms. The van der Waals surface area contributed by atoms with E-state index in [0.29, 0.717) is 5.25 Å². The van der Waals surface area contributed by atoms with Crippen LogP contribution in [0.15, 0.2) is 23.1 Å². The van der Waals surface area contributed by atoms with Gasteiger partial charge in [-0.3, -0.25) is 0 Å². The van der Waals surface area contributed by atoms with Gasteiger partial charge in [0, 0.05) is 16.6 Å². The lowest BCUT2D eigenvalue weighted by Crippen LogP contribution is -2.30. The summed E-state index contributed by atoms with van der Waals surface area (Å²) in [4.78, 5) is 1.11. The molecule has 0 aromatic heterocycles. The molecule has 76 valence electrons. The molecule has 0 unspecified atom stereocenters. The number of rotatable bonds is 3. The minimum atomic E-state index is 0.561. The molecule has 2 rings (SSSR count). The van der Waals surface area contributed by atoms with Crippen LogP contribution >= 0.6 is 11.8 Å². The van der Waals surface area contributed by atoms with Gasteiger partial charge in [0.1, 0.15) is 5.75 Å². The van der Waals surface area contributed by atoms with Gasteiger partial charge < -0.3 is 15.2 Å². The molecule has 0 aliphatic carbocycles. The highest BCUT2D eigenvalue weighted by Gasteiger charge is 2.20. The fourth-order valence-corrected chi connectivity index (χ4v) is 2.25. The fourth-order valence-electron chi connectivity index (χ4n) is 1.22. The van der Waals surface area contributed by atoms with Gasteiger partial charge in [-0.15, -0.1) is 11.8 Å². The topological polar surface area (TPSA) is 44.5 Å². The van der Waals surface area contributed by atoms with E-state index in [1.54, 1.807) is 18.9 Å². The molecule has 0 radical (unpaired) electrons. The Kier molecular flexibility index (Phi) is 2.84. The molecule has 3 nitrogen and oxygen atoms in total. The summed E-state index contributed by atoms with van der Waals surface area (Å²) in [7, 11) is 1.64. The first-order valence-corrected chi connectivity index (χ1v) is 5.35. The van der Waals surface area contributed by atoms with E-state index in [9.17, 15) is 0 Å². The van der Waals surface area contributed by atoms with Gasteiger partial charge in [-0.2, -0.15) is 0 Å². The lowest BCUT2D eigenvalue weighted by Gasteiger charge is -2.25. The summed E-state index contributed by atoms with van der Waals surface area (Å²) >= 11 is 1.77. The van der Waals surface area contributed by atoms with E-state index >= 15 is 0 Å². The largest absolute Gasteiger partial charge is 0.497 e. The third-order valence-corrected chi connectivity index (χ3v) is 3.35. The molecule has 0 amide bonds. The first-order valence-electron chi connectivity index (χ1n) is 4.47. The zero-order chi connectivity index (χ0) is 9.97. The highest BCUT2D eigenvalue weighted by Crippen LogP contribution is 2.33. The smallest absolute Gasteiger partial charge is 0.120 e. The normalized spacial score (nSPS) is 16.4. The second-order valence-corrected chi connectivity index (χ2v) is 4.52. The van der Waals surface area contributed by atoms with E-state index in [0.717, 1.165) is 29.5 Å². The first kappa shape index (κ1) is 9.68. The third kappa shape index (κ3) is 1.96. The number of ether oxygens (including phenoxy) is 2. The Morgan fingerprint density at radius 3 is 2.79 bits per heavy atom. The lowest BCUT2D eigenvalue weighted by molar-refractivity contribution is 0.0455. The molecule has 1 fully saturated rings. The monoisotopic (exact) mass is 211 g/mol. The first-order chi connectivity index (χ1) is 6.79. The Morgan fingerprint density at radius 1 is 1.50 bits per heavy atom. The molecule has 1 aromatic carbocycles. The predicted octanol–water partition coefficient (Wildman–Crippen LogP) is 1.77. The summed E-state index contributed by atoms with van der Waals surface area (Å²) in [6.07, 6.45) is 0. The van der Waals surface area contributed by atoms with Crippen molar-refractivity contribution in [3.05, 3.63) is 18.2 Å². The van der Waals surface area contributed by atoms with Crippen LogP contribution in [0.1, 0.15) is 0 Å². The Hall–Kier alpha value is -0.870. The molecule has 1 aromatic rings. The van der Waals surface area contributed by atoms with Crippen molar-refractivity contribution in [1.29, 1.82) is 0 Å². The molecule has 1 heterocycles. The van der Waals surface area contributed by atoms with Crippen LogP contribution < -0.4 is 10.5 Å². The molecule has 2 N–H and O–H groups in total. The number of nitrogen functional groups attached to an aromatic ring is 1. The van der Waals surface area contributed by atoms with E-state index in [4.69, 9.17) is 15.2 Å². The van der Waals surface area contributed by atoms with Crippen molar-refractivity contribution < 1.29 is 9.47 Å². The Bertz CT molecular complexity index is 326. The molecular weight excluding hydrogens is 198 g/mol. The van der Waals surface area contributed by atoms with E-state index in [-0.39, 0.29) is 0 Å². The number of hydrogen-bond donors (Lipinski definition) is 1. The Labute approximate surface area is 87.6 Å². The molecule has 14 heavy (non-hydrogen) atoms. The second-order valence-electron chi connectivity index (χ2n) is 3.18. The summed E-state index contributed by atoms with van der Waals surface area (Å²) in [5, 5.41) is 0.561. The van der Waals surface area contributed by atoms with Crippen LogP contribution in [0.3, 0.4) is 0 Å². The van der Waals surface area contributed by atoms with Crippen molar-refractivity contribution in [3.8, 4) is 5.75 Å². The minimum Gasteiger partial charge on any atom is -0.497 e. The van der Waals surface area contributed by atoms with Crippen molar-refractivity contribution in [1.82, 2.24) is 0 Å². The zero-order valence-corrected chi connectivity index (χ0v) is 8.84. The van der Waals surface area contributed by atoms with Gasteiger partial charge in [0.2, 0.25) is 0 Å². The van der Waals surface area contributed by atoms with Crippen LogP contribution in [-0.4, -0.2) is 25.6 Å². The molecular formula is C10H13NO2S. The van der Waals surface area contributed by atoms with Crippen LogP contribution in [0.2, 0.25) is 0 Å². The number of thioether (sulfide) groups is 1. The van der Waals surface area contributed by atoms with Gasteiger partial charge >= 0.3 is 0 Å². The molecule has 0 bridgehead atoms. The summed E-state index contributed by atoms with van der Waals surface area (Å²) in [5.74, 6) is 0.803. The summed E-state index contributed by atoms with van der Waals surface area (Å²) in [5.41, 5.74) is 6.66. The third-order valence-electron chi connectivity index (χ3n) is 2.12. The van der Waals surface area contributed by atoms with Gasteiger partial charge in [0.15, 0.2) is 0 Å². The summed E-state index contributed by atoms with van der Waals surface area (Å²) in [6, 6.07) is 5.78. The van der Waals surface area contributed by atoms with Gasteiger partial charge in [0.05, 0.1) is 25.6 Å². The second kappa shape index (κ2) is 4.11. The van der Waals surface area contributed by atoms with E-state index in [1.165, 1.54) is 0 Å². The highest BCUT2D eigenvalue weighted by molar-refractivity contribution is 8.00. The molecule has 1 saturated heterocycles. The van der Waals surface area contributed by atoms with Gasteiger partial charge in [-0.05, 0) is 12.1 Å². The quantitative estimate of drug-likeness (QED) is 0.774. The standard InChI is InChI=1S/C10H13NO2S/c1-12-7-2-3-10(9(11)4-7)14-8-5-13-6-8/h2-4,8H,5-6,11H2,1H3. The molecule has 1 aliphatic heterocycles. The van der Waals surface area contributed by atoms with E-state index in [1.807, 2.05) is 18.2 Å². The van der Waals surface area contributed by atoms with Gasteiger partial charge in [-0.1, -0.05) is 0 Å². The van der Waals surface area contributed by atoms with Gasteiger partial charge in [-0.25, -0.2) is 0 Å². The predicted molar refractivity (Wildman–Crippen MR) is 57.9 cm³/mol. The molecule has 4 heteroatoms. The Balaban J connectivity index is 2.09. The molecule has 1 aliphatic rings. The average molecular weight is 211 g/mol. The summed E-state index contributed by atoms with van der Waals surface area (Å²) < 4.78 is 10.2. The SMILES string of the molecule is COc1ccc(SC2COC2)c(N)c1. The highest BCUT2D eigenvalue weighted by atomic mass is 32.2. The van der Waals surface area contributed by atoms with Crippen LogP contribution in [0, 0.1) is 0 Å². The van der Waals surface area contributed by atoms with Crippen LogP contribution in [0.25, 0.3) is 0 Å². The van der Waals surface area contributed by atoms with Crippen molar-refractivity contribution in [2.75, 3.05) is 26.1 Å². The maximum atomic E-state index is 5.88. The average Bonchev–Trinajstić information content (AvgIpc) is 2.13. The lowest BCUT2D eigenvalue weighted by atomic mass is 10.3. The van der Waals surface area contributed by atoms with E-state index < -0.39 is 0 Å². The maximum absolute atomic E-state index is 5.88. The molecule has 0 saturated carbocycles. The Morgan fingerprint density at radius 2 is 2.29 bits per heavy atom. The van der Waals surface area contributed by atoms with Crippen molar-refractivity contribution in [2.45, 2.75) is 10.1 Å². The summed E-state index contributed by atoms with van der Waals surface area (Å²) in [6.45, 7) is 1.66. The number of hydrogen-bond acceptors (Lipinski definition) is 4. The number of nitrogens with two attached hydrogens (primary N) is 1. The van der Waals surface area contributed by atoms with Crippen LogP contribution in [-0.2, 0) is 4.74 Å². The van der Waals surface area contributed by atoms with Crippen molar-refractivity contribution in [3.63, 3.8) is 0 Å². The fraction of sp³-hybridized carbons (Fsp3) is 0.400. The van der Waals surface area contributed by atoms with E-state index in [2.05, 4.69) is 0 Å². The zero-order valence-electron chi connectivity index (χ0n) is 8.03. The van der Waals surface area contributed by atoms with Crippen LogP contribution in [0.4, 0.5) is 5.69 Å². The molecule has 0 atom stereocenters. The number of methoxy groups -OCH3 is 1. The minimum absolute atomic E-state index is 0.561. The van der Waals surface area contributed by atoms with Crippen molar-refractivity contribution >= 4 is 17.4 Å². The van der Waals surface area contributed by atoms with Crippen molar-refractivity contribution in [2.24, 2.45) is 0 Å². The van der Waals surface area contributed by atoms with Gasteiger partial charge in [0.25, 0.3) is 0 Å². The maximum Gasteiger partial charge on any atom is 0.120 e. The van der Waals surface area contributed by atoms with Crippen LogP contribution in [0.5, 0.6) is 5.75 Å².